The second kappa shape index (κ2) is 8.88. The molecular formula is C19H14ClF2NO3PS+. The van der Waals surface area contributed by atoms with Crippen molar-refractivity contribution in [3.05, 3.63) is 75.8 Å². The van der Waals surface area contributed by atoms with E-state index in [2.05, 4.69) is 5.32 Å². The minimum atomic E-state index is -2.58. The van der Waals surface area contributed by atoms with Crippen LogP contribution in [0.4, 0.5) is 8.78 Å². The van der Waals surface area contributed by atoms with Gasteiger partial charge in [0, 0.05) is 21.5 Å². The molecule has 4 nitrogen and oxygen atoms in total. The Morgan fingerprint density at radius 1 is 1.32 bits per heavy atom. The Balaban J connectivity index is 1.86. The summed E-state index contributed by atoms with van der Waals surface area (Å²) in [5.41, 5.74) is 0.556. The average molecular weight is 441 g/mol. The van der Waals surface area contributed by atoms with Crippen LogP contribution in [0.15, 0.2) is 48.0 Å². The molecule has 2 atom stereocenters. The molecule has 3 rings (SSSR count). The summed E-state index contributed by atoms with van der Waals surface area (Å²) < 4.78 is 39.2. The fourth-order valence-electron chi connectivity index (χ4n) is 2.73. The molecule has 1 amide bonds. The van der Waals surface area contributed by atoms with Gasteiger partial charge in [-0.15, -0.1) is 11.3 Å². The third-order valence-electron chi connectivity index (χ3n) is 4.07. The number of carbonyl (C=O) groups is 1. The Hall–Kier alpha value is -2.18. The lowest BCUT2D eigenvalue weighted by Gasteiger charge is -2.10. The van der Waals surface area contributed by atoms with Crippen molar-refractivity contribution in [1.82, 2.24) is 5.32 Å². The number of nitrogens with one attached hydrogen (secondary N) is 1. The summed E-state index contributed by atoms with van der Waals surface area (Å²) in [5, 5.41) is 5.44. The third kappa shape index (κ3) is 4.62. The van der Waals surface area contributed by atoms with Crippen molar-refractivity contribution < 1.29 is 23.0 Å². The van der Waals surface area contributed by atoms with Crippen molar-refractivity contribution in [3.8, 4) is 0 Å². The van der Waals surface area contributed by atoms with E-state index in [0.29, 0.717) is 10.6 Å². The minimum Gasteiger partial charge on any atom is -0.332 e. The highest BCUT2D eigenvalue weighted by Crippen LogP contribution is 2.36. The Morgan fingerprint density at radius 2 is 2.11 bits per heavy atom. The zero-order valence-electron chi connectivity index (χ0n) is 14.2. The Morgan fingerprint density at radius 3 is 2.86 bits per heavy atom. The monoisotopic (exact) mass is 440 g/mol. The summed E-state index contributed by atoms with van der Waals surface area (Å²) in [6, 6.07) is 8.93. The smallest absolute Gasteiger partial charge is 0.332 e. The number of thiophene rings is 1. The molecule has 2 aromatic carbocycles. The molecular weight excluding hydrogens is 427 g/mol. The van der Waals surface area contributed by atoms with Crippen molar-refractivity contribution in [2.24, 2.45) is 0 Å². The van der Waals surface area contributed by atoms with E-state index >= 15 is 0 Å². The van der Waals surface area contributed by atoms with E-state index in [1.165, 1.54) is 35.7 Å². The summed E-state index contributed by atoms with van der Waals surface area (Å²) in [4.78, 5) is 22.0. The molecule has 0 aliphatic rings. The van der Waals surface area contributed by atoms with Crippen LogP contribution in [-0.2, 0) is 9.36 Å². The lowest BCUT2D eigenvalue weighted by Crippen LogP contribution is -2.26. The SMILES string of the molecule is O=C(N/C=C/c1cccc(F)c1F)C(C[P+](=O)O)c1csc2ccc(Cl)cc12. The standard InChI is InChI=1S/C19H13ClF2NO3PS/c20-12-4-5-17-13(8-12)15(10-28-17)14(9-27(25)26)19(24)23-7-6-11-2-1-3-16(21)18(11)22/h1-8,10,14H,9H2,(H-,23,24,25,26)/p+1/b7-6+. The fourth-order valence-corrected chi connectivity index (χ4v) is 4.58. The van der Waals surface area contributed by atoms with E-state index in [1.807, 2.05) is 6.07 Å². The maximum Gasteiger partial charge on any atom is 0.506 e. The quantitative estimate of drug-likeness (QED) is 0.502. The minimum absolute atomic E-state index is 0.0298. The molecule has 144 valence electrons. The van der Waals surface area contributed by atoms with Crippen molar-refractivity contribution in [2.75, 3.05) is 6.16 Å². The Kier molecular flexibility index (Phi) is 6.52. The number of hydrogen-bond acceptors (Lipinski definition) is 3. The summed E-state index contributed by atoms with van der Waals surface area (Å²) in [6.07, 6.45) is 2.12. The molecule has 3 aromatic rings. The van der Waals surface area contributed by atoms with Crippen LogP contribution in [0.1, 0.15) is 17.0 Å². The molecule has 0 aliphatic heterocycles. The lowest BCUT2D eigenvalue weighted by molar-refractivity contribution is -0.121. The largest absolute Gasteiger partial charge is 0.506 e. The molecule has 9 heteroatoms. The lowest BCUT2D eigenvalue weighted by atomic mass is 9.99. The van der Waals surface area contributed by atoms with Gasteiger partial charge in [0.25, 0.3) is 0 Å². The predicted octanol–water partition coefficient (Wildman–Crippen LogP) is 5.44. The molecule has 28 heavy (non-hydrogen) atoms. The van der Waals surface area contributed by atoms with Gasteiger partial charge < -0.3 is 5.32 Å². The first-order valence-corrected chi connectivity index (χ1v) is 10.7. The van der Waals surface area contributed by atoms with Gasteiger partial charge in [0.1, 0.15) is 5.92 Å². The van der Waals surface area contributed by atoms with E-state index in [-0.39, 0.29) is 11.7 Å². The van der Waals surface area contributed by atoms with Crippen LogP contribution < -0.4 is 5.32 Å². The maximum absolute atomic E-state index is 13.7. The maximum atomic E-state index is 13.7. The van der Waals surface area contributed by atoms with Gasteiger partial charge in [-0.1, -0.05) is 23.7 Å². The van der Waals surface area contributed by atoms with E-state index in [1.54, 1.807) is 17.5 Å². The van der Waals surface area contributed by atoms with Gasteiger partial charge in [0.2, 0.25) is 5.91 Å². The summed E-state index contributed by atoms with van der Waals surface area (Å²) in [7, 11) is -2.58. The summed E-state index contributed by atoms with van der Waals surface area (Å²) in [5.74, 6) is -3.46. The van der Waals surface area contributed by atoms with Crippen LogP contribution in [0.2, 0.25) is 5.02 Å². The van der Waals surface area contributed by atoms with Crippen LogP contribution in [0.5, 0.6) is 0 Å². The van der Waals surface area contributed by atoms with Gasteiger partial charge in [-0.25, -0.2) is 8.78 Å². The first-order chi connectivity index (χ1) is 13.4. The van der Waals surface area contributed by atoms with Gasteiger partial charge in [-0.3, -0.25) is 4.79 Å². The molecule has 0 bridgehead atoms. The Bertz CT molecular complexity index is 1090. The van der Waals surface area contributed by atoms with Crippen molar-refractivity contribution >= 4 is 53.0 Å². The molecule has 2 N–H and O–H groups in total. The number of rotatable bonds is 6. The highest BCUT2D eigenvalue weighted by Gasteiger charge is 2.31. The third-order valence-corrected chi connectivity index (χ3v) is 5.96. The Labute approximate surface area is 169 Å². The number of carbonyl (C=O) groups excluding carboxylic acids is 1. The van der Waals surface area contributed by atoms with E-state index in [9.17, 15) is 23.0 Å². The predicted molar refractivity (Wildman–Crippen MR) is 108 cm³/mol. The van der Waals surface area contributed by atoms with Gasteiger partial charge in [0.05, 0.1) is 0 Å². The number of halogens is 3. The molecule has 0 aliphatic carbocycles. The first-order valence-electron chi connectivity index (χ1n) is 8.08. The molecule has 0 saturated carbocycles. The van der Waals surface area contributed by atoms with Crippen molar-refractivity contribution in [1.29, 1.82) is 0 Å². The fraction of sp³-hybridized carbons (Fsp3) is 0.105. The molecule has 0 saturated heterocycles. The van der Waals surface area contributed by atoms with Crippen LogP contribution in [0.25, 0.3) is 16.2 Å². The normalized spacial score (nSPS) is 13.1. The molecule has 0 spiro atoms. The number of hydrogen-bond donors (Lipinski definition) is 2. The molecule has 0 radical (unpaired) electrons. The summed E-state index contributed by atoms with van der Waals surface area (Å²) in [6.45, 7) is 0. The number of benzene rings is 2. The van der Waals surface area contributed by atoms with Crippen LogP contribution in [0, 0.1) is 11.6 Å². The van der Waals surface area contributed by atoms with E-state index < -0.39 is 31.5 Å². The van der Waals surface area contributed by atoms with Crippen molar-refractivity contribution in [2.45, 2.75) is 5.92 Å². The van der Waals surface area contributed by atoms with Gasteiger partial charge in [-0.05, 0) is 51.2 Å². The average Bonchev–Trinajstić information content (AvgIpc) is 3.05. The highest BCUT2D eigenvalue weighted by atomic mass is 35.5. The molecule has 1 aromatic heterocycles. The van der Waals surface area contributed by atoms with Crippen molar-refractivity contribution in [3.63, 3.8) is 0 Å². The highest BCUT2D eigenvalue weighted by molar-refractivity contribution is 7.38. The van der Waals surface area contributed by atoms with E-state index in [0.717, 1.165) is 16.2 Å². The zero-order chi connectivity index (χ0) is 20.3. The van der Waals surface area contributed by atoms with Gasteiger partial charge in [0.15, 0.2) is 17.8 Å². The number of fused-ring (bicyclic) bond motifs is 1. The van der Waals surface area contributed by atoms with E-state index in [4.69, 9.17) is 11.6 Å². The second-order valence-corrected chi connectivity index (χ2v) is 8.32. The van der Waals surface area contributed by atoms with Crippen LogP contribution >= 0.6 is 31.0 Å². The van der Waals surface area contributed by atoms with Gasteiger partial charge >= 0.3 is 8.03 Å². The molecule has 1 heterocycles. The van der Waals surface area contributed by atoms with Crippen LogP contribution in [0.3, 0.4) is 0 Å². The molecule has 0 fully saturated rings. The zero-order valence-corrected chi connectivity index (χ0v) is 16.7. The number of amides is 1. The second-order valence-electron chi connectivity index (χ2n) is 5.90. The topological polar surface area (TPSA) is 66.4 Å². The molecule has 2 unspecified atom stereocenters. The summed E-state index contributed by atoms with van der Waals surface area (Å²) >= 11 is 7.43. The van der Waals surface area contributed by atoms with Gasteiger partial charge in [-0.2, -0.15) is 4.89 Å². The first kappa shape index (κ1) is 20.6. The van der Waals surface area contributed by atoms with Crippen LogP contribution in [-0.4, -0.2) is 17.0 Å².